The van der Waals surface area contributed by atoms with Crippen LogP contribution in [0.2, 0.25) is 4.34 Å². The molecule has 0 aromatic carbocycles. The zero-order valence-electron chi connectivity index (χ0n) is 6.35. The summed E-state index contributed by atoms with van der Waals surface area (Å²) in [6, 6.07) is 0. The van der Waals surface area contributed by atoms with Crippen molar-refractivity contribution < 1.29 is 4.79 Å². The number of carbonyl (C=O) groups excluding carboxylic acids is 1. The first kappa shape index (κ1) is 8.68. The van der Waals surface area contributed by atoms with Crippen LogP contribution in [0.4, 0.5) is 0 Å². The number of rotatable bonds is 2. The van der Waals surface area contributed by atoms with Crippen molar-refractivity contribution in [2.45, 2.75) is 20.3 Å². The van der Waals surface area contributed by atoms with Crippen LogP contribution in [0.5, 0.6) is 0 Å². The standard InChI is InChI=1S/C7H8ClNOS/c1-3-5(10)6-7(8)11-4(2)9-6/h3H2,1-2H3. The summed E-state index contributed by atoms with van der Waals surface area (Å²) < 4.78 is 0.509. The number of hydrogen-bond acceptors (Lipinski definition) is 3. The van der Waals surface area contributed by atoms with E-state index in [0.29, 0.717) is 16.5 Å². The van der Waals surface area contributed by atoms with E-state index in [1.165, 1.54) is 11.3 Å². The number of halogens is 1. The highest BCUT2D eigenvalue weighted by atomic mass is 35.5. The van der Waals surface area contributed by atoms with E-state index in [0.717, 1.165) is 5.01 Å². The van der Waals surface area contributed by atoms with Gasteiger partial charge in [0.2, 0.25) is 0 Å². The molecule has 1 aromatic rings. The molecule has 0 aliphatic rings. The molecule has 0 saturated carbocycles. The number of thiazole rings is 1. The van der Waals surface area contributed by atoms with Gasteiger partial charge in [-0.3, -0.25) is 4.79 Å². The Balaban J connectivity index is 3.03. The molecule has 11 heavy (non-hydrogen) atoms. The lowest BCUT2D eigenvalue weighted by Crippen LogP contribution is -1.97. The van der Waals surface area contributed by atoms with Crippen LogP contribution in [0.3, 0.4) is 0 Å². The van der Waals surface area contributed by atoms with E-state index in [9.17, 15) is 4.79 Å². The van der Waals surface area contributed by atoms with Gasteiger partial charge in [-0.1, -0.05) is 18.5 Å². The molecule has 0 atom stereocenters. The van der Waals surface area contributed by atoms with E-state index in [4.69, 9.17) is 11.6 Å². The summed E-state index contributed by atoms with van der Waals surface area (Å²) in [5.41, 5.74) is 0.427. The van der Waals surface area contributed by atoms with Crippen LogP contribution >= 0.6 is 22.9 Å². The van der Waals surface area contributed by atoms with Crippen LogP contribution in [0, 0.1) is 6.92 Å². The van der Waals surface area contributed by atoms with Crippen molar-refractivity contribution in [1.82, 2.24) is 4.98 Å². The highest BCUT2D eigenvalue weighted by molar-refractivity contribution is 7.16. The molecule has 0 spiro atoms. The minimum atomic E-state index is 0.0133. The smallest absolute Gasteiger partial charge is 0.183 e. The fraction of sp³-hybridized carbons (Fsp3) is 0.429. The predicted octanol–water partition coefficient (Wildman–Crippen LogP) is 2.70. The Morgan fingerprint density at radius 1 is 1.73 bits per heavy atom. The Kier molecular flexibility index (Phi) is 2.62. The van der Waals surface area contributed by atoms with Gasteiger partial charge in [0.05, 0.1) is 5.01 Å². The van der Waals surface area contributed by atoms with Gasteiger partial charge in [-0.15, -0.1) is 11.3 Å². The molecular weight excluding hydrogens is 182 g/mol. The van der Waals surface area contributed by atoms with Crippen molar-refractivity contribution in [1.29, 1.82) is 0 Å². The van der Waals surface area contributed by atoms with E-state index in [1.54, 1.807) is 6.92 Å². The maximum atomic E-state index is 11.1. The molecule has 0 aliphatic heterocycles. The molecule has 2 nitrogen and oxygen atoms in total. The molecule has 0 saturated heterocycles. The SMILES string of the molecule is CCC(=O)c1nc(C)sc1Cl. The third-order valence-electron chi connectivity index (χ3n) is 1.28. The number of aryl methyl sites for hydroxylation is 1. The lowest BCUT2D eigenvalue weighted by atomic mass is 10.2. The molecular formula is C7H8ClNOS. The molecule has 4 heteroatoms. The molecule has 1 aromatic heterocycles. The molecule has 0 unspecified atom stereocenters. The number of hydrogen-bond donors (Lipinski definition) is 0. The maximum absolute atomic E-state index is 11.1. The number of carbonyl (C=O) groups is 1. The Bertz CT molecular complexity index is 282. The van der Waals surface area contributed by atoms with Crippen LogP contribution in [0.25, 0.3) is 0 Å². The van der Waals surface area contributed by atoms with Crippen LogP contribution in [-0.2, 0) is 0 Å². The van der Waals surface area contributed by atoms with Gasteiger partial charge in [0.25, 0.3) is 0 Å². The highest BCUT2D eigenvalue weighted by Gasteiger charge is 2.12. The lowest BCUT2D eigenvalue weighted by Gasteiger charge is -1.89. The van der Waals surface area contributed by atoms with Crippen LogP contribution in [0.1, 0.15) is 28.8 Å². The highest BCUT2D eigenvalue weighted by Crippen LogP contribution is 2.24. The zero-order chi connectivity index (χ0) is 8.43. The second kappa shape index (κ2) is 3.32. The number of Topliss-reactive ketones (excluding diaryl/α,β-unsaturated/α-hetero) is 1. The van der Waals surface area contributed by atoms with Gasteiger partial charge in [-0.2, -0.15) is 0 Å². The molecule has 0 radical (unpaired) electrons. The summed E-state index contributed by atoms with van der Waals surface area (Å²) in [6.07, 6.45) is 0.461. The molecule has 60 valence electrons. The minimum absolute atomic E-state index is 0.0133. The van der Waals surface area contributed by atoms with Gasteiger partial charge in [0.1, 0.15) is 10.0 Å². The van der Waals surface area contributed by atoms with Crippen molar-refractivity contribution in [3.8, 4) is 0 Å². The number of ketones is 1. The Morgan fingerprint density at radius 2 is 2.36 bits per heavy atom. The van der Waals surface area contributed by atoms with Gasteiger partial charge >= 0.3 is 0 Å². The average molecular weight is 190 g/mol. The van der Waals surface area contributed by atoms with Gasteiger partial charge < -0.3 is 0 Å². The number of aromatic nitrogens is 1. The molecule has 0 aliphatic carbocycles. The molecule has 0 fully saturated rings. The summed E-state index contributed by atoms with van der Waals surface area (Å²) in [5, 5.41) is 0.840. The van der Waals surface area contributed by atoms with Crippen LogP contribution in [-0.4, -0.2) is 10.8 Å². The second-order valence-electron chi connectivity index (χ2n) is 2.13. The average Bonchev–Trinajstić information content (AvgIpc) is 2.28. The minimum Gasteiger partial charge on any atom is -0.292 e. The third kappa shape index (κ3) is 1.79. The Labute approximate surface area is 74.2 Å². The molecule has 1 rings (SSSR count). The van der Waals surface area contributed by atoms with Crippen molar-refractivity contribution in [3.05, 3.63) is 15.0 Å². The first-order chi connectivity index (χ1) is 5.15. The molecule has 1 heterocycles. The molecule has 0 amide bonds. The molecule has 0 N–H and O–H groups in total. The van der Waals surface area contributed by atoms with Gasteiger partial charge in [0, 0.05) is 6.42 Å². The monoisotopic (exact) mass is 189 g/mol. The Hall–Kier alpha value is -0.410. The topological polar surface area (TPSA) is 30.0 Å². The molecule has 0 bridgehead atoms. The van der Waals surface area contributed by atoms with Crippen LogP contribution < -0.4 is 0 Å². The fourth-order valence-corrected chi connectivity index (χ4v) is 1.88. The first-order valence-electron chi connectivity index (χ1n) is 3.31. The second-order valence-corrected chi connectivity index (χ2v) is 3.94. The first-order valence-corrected chi connectivity index (χ1v) is 4.50. The largest absolute Gasteiger partial charge is 0.292 e. The van der Waals surface area contributed by atoms with E-state index >= 15 is 0 Å². The number of nitrogens with zero attached hydrogens (tertiary/aromatic N) is 1. The summed E-state index contributed by atoms with van der Waals surface area (Å²) in [6.45, 7) is 3.64. The van der Waals surface area contributed by atoms with E-state index in [2.05, 4.69) is 4.98 Å². The zero-order valence-corrected chi connectivity index (χ0v) is 7.92. The summed E-state index contributed by atoms with van der Waals surface area (Å²) in [5.74, 6) is 0.0133. The van der Waals surface area contributed by atoms with E-state index < -0.39 is 0 Å². The van der Waals surface area contributed by atoms with Crippen molar-refractivity contribution in [2.24, 2.45) is 0 Å². The summed E-state index contributed by atoms with van der Waals surface area (Å²) in [7, 11) is 0. The summed E-state index contributed by atoms with van der Waals surface area (Å²) >= 11 is 7.10. The van der Waals surface area contributed by atoms with Gasteiger partial charge in [-0.05, 0) is 6.92 Å². The van der Waals surface area contributed by atoms with Crippen LogP contribution in [0.15, 0.2) is 0 Å². The third-order valence-corrected chi connectivity index (χ3v) is 2.45. The van der Waals surface area contributed by atoms with E-state index in [-0.39, 0.29) is 5.78 Å². The predicted molar refractivity (Wildman–Crippen MR) is 46.5 cm³/mol. The maximum Gasteiger partial charge on any atom is 0.183 e. The van der Waals surface area contributed by atoms with E-state index in [1.807, 2.05) is 6.92 Å². The Morgan fingerprint density at radius 3 is 2.73 bits per heavy atom. The quantitative estimate of drug-likeness (QED) is 0.670. The summed E-state index contributed by atoms with van der Waals surface area (Å²) in [4.78, 5) is 15.1. The normalized spacial score (nSPS) is 10.1. The van der Waals surface area contributed by atoms with Crippen molar-refractivity contribution in [3.63, 3.8) is 0 Å². The van der Waals surface area contributed by atoms with Gasteiger partial charge in [-0.25, -0.2) is 4.98 Å². The van der Waals surface area contributed by atoms with Gasteiger partial charge in [0.15, 0.2) is 5.78 Å². The fourth-order valence-electron chi connectivity index (χ4n) is 0.742. The lowest BCUT2D eigenvalue weighted by molar-refractivity contribution is 0.0984. The van der Waals surface area contributed by atoms with Crippen molar-refractivity contribution in [2.75, 3.05) is 0 Å². The van der Waals surface area contributed by atoms with Crippen molar-refractivity contribution >= 4 is 28.7 Å².